The van der Waals surface area contributed by atoms with Gasteiger partial charge >= 0.3 is 0 Å². The zero-order valence-corrected chi connectivity index (χ0v) is 12.0. The quantitative estimate of drug-likeness (QED) is 0.698. The first-order valence-electron chi connectivity index (χ1n) is 5.96. The molecule has 9 heteroatoms. The van der Waals surface area contributed by atoms with Gasteiger partial charge in [0.15, 0.2) is 5.82 Å². The molecule has 1 aromatic carbocycles. The Morgan fingerprint density at radius 2 is 2.10 bits per heavy atom. The third kappa shape index (κ3) is 3.00. The van der Waals surface area contributed by atoms with E-state index in [4.69, 9.17) is 5.73 Å². The molecular formula is C11H16N6O2S. The van der Waals surface area contributed by atoms with Crippen LogP contribution in [-0.4, -0.2) is 29.0 Å². The molecule has 0 bridgehead atoms. The van der Waals surface area contributed by atoms with Crippen molar-refractivity contribution in [1.29, 1.82) is 0 Å². The normalized spacial score (nSPS) is 11.8. The number of aryl methyl sites for hydroxylation is 1. The Bertz CT molecular complexity index is 696. The Morgan fingerprint density at radius 3 is 2.70 bits per heavy atom. The van der Waals surface area contributed by atoms with Gasteiger partial charge in [0, 0.05) is 6.54 Å². The maximum Gasteiger partial charge on any atom is 0.241 e. The maximum absolute atomic E-state index is 12.3. The molecule has 0 saturated carbocycles. The number of nitrogens with zero attached hydrogens (tertiary/aromatic N) is 3. The first-order valence-corrected chi connectivity index (χ1v) is 7.44. The van der Waals surface area contributed by atoms with Gasteiger partial charge in [-0.3, -0.25) is 0 Å². The van der Waals surface area contributed by atoms with E-state index in [1.165, 1.54) is 0 Å². The van der Waals surface area contributed by atoms with Crippen LogP contribution in [0.3, 0.4) is 0 Å². The number of aromatic nitrogens is 4. The molecule has 0 fully saturated rings. The second-order valence-electron chi connectivity index (χ2n) is 4.39. The lowest BCUT2D eigenvalue weighted by atomic mass is 10.1. The van der Waals surface area contributed by atoms with Gasteiger partial charge in [-0.2, -0.15) is 5.21 Å². The maximum atomic E-state index is 12.3. The molecule has 0 amide bonds. The Balaban J connectivity index is 2.31. The molecule has 0 radical (unpaired) electrons. The highest BCUT2D eigenvalue weighted by molar-refractivity contribution is 7.89. The largest absolute Gasteiger partial charge is 0.326 e. The van der Waals surface area contributed by atoms with Crippen LogP contribution in [0.2, 0.25) is 0 Å². The SMILES string of the molecule is Cc1cc(CN)cc(S(=O)(=O)NCc2nn[nH]n2)c1C. The van der Waals surface area contributed by atoms with Crippen LogP contribution in [0.1, 0.15) is 22.5 Å². The molecule has 8 nitrogen and oxygen atoms in total. The van der Waals surface area contributed by atoms with E-state index in [1.807, 2.05) is 13.0 Å². The van der Waals surface area contributed by atoms with Crippen LogP contribution in [0, 0.1) is 13.8 Å². The molecule has 0 aliphatic rings. The van der Waals surface area contributed by atoms with Crippen molar-refractivity contribution in [3.63, 3.8) is 0 Å². The molecule has 20 heavy (non-hydrogen) atoms. The van der Waals surface area contributed by atoms with Crippen molar-refractivity contribution in [2.24, 2.45) is 5.73 Å². The van der Waals surface area contributed by atoms with Crippen molar-refractivity contribution in [1.82, 2.24) is 25.3 Å². The van der Waals surface area contributed by atoms with E-state index in [-0.39, 0.29) is 23.8 Å². The molecule has 0 aliphatic heterocycles. The van der Waals surface area contributed by atoms with Crippen molar-refractivity contribution in [3.8, 4) is 0 Å². The predicted octanol–water partition coefficient (Wildman–Crippen LogP) is -0.246. The number of hydrogen-bond acceptors (Lipinski definition) is 6. The standard InChI is InChI=1S/C11H16N6O2S/c1-7-3-9(5-12)4-10(8(7)2)20(18,19)13-6-11-14-16-17-15-11/h3-4,13H,5-6,12H2,1-2H3,(H,14,15,16,17). The van der Waals surface area contributed by atoms with Crippen molar-refractivity contribution < 1.29 is 8.42 Å². The van der Waals surface area contributed by atoms with E-state index >= 15 is 0 Å². The second kappa shape index (κ2) is 5.65. The number of aromatic amines is 1. The summed E-state index contributed by atoms with van der Waals surface area (Å²) in [6.45, 7) is 3.88. The lowest BCUT2D eigenvalue weighted by Gasteiger charge is -2.12. The van der Waals surface area contributed by atoms with Crippen molar-refractivity contribution in [2.75, 3.05) is 0 Å². The highest BCUT2D eigenvalue weighted by atomic mass is 32.2. The van der Waals surface area contributed by atoms with E-state index in [2.05, 4.69) is 25.3 Å². The highest BCUT2D eigenvalue weighted by Gasteiger charge is 2.19. The fourth-order valence-electron chi connectivity index (χ4n) is 1.79. The fraction of sp³-hybridized carbons (Fsp3) is 0.364. The third-order valence-corrected chi connectivity index (χ3v) is 4.54. The van der Waals surface area contributed by atoms with Gasteiger partial charge in [-0.05, 0) is 36.6 Å². The summed E-state index contributed by atoms with van der Waals surface area (Å²) in [6.07, 6.45) is 0. The number of rotatable bonds is 5. The Hall–Kier alpha value is -1.84. The van der Waals surface area contributed by atoms with Gasteiger partial charge in [-0.15, -0.1) is 10.2 Å². The van der Waals surface area contributed by atoms with Crippen molar-refractivity contribution >= 4 is 10.0 Å². The molecule has 0 aliphatic carbocycles. The Kier molecular flexibility index (Phi) is 4.12. The summed E-state index contributed by atoms with van der Waals surface area (Å²) in [7, 11) is -3.65. The Labute approximate surface area is 116 Å². The lowest BCUT2D eigenvalue weighted by Crippen LogP contribution is -2.25. The molecule has 4 N–H and O–H groups in total. The van der Waals surface area contributed by atoms with Crippen LogP contribution >= 0.6 is 0 Å². The summed E-state index contributed by atoms with van der Waals surface area (Å²) in [4.78, 5) is 0.224. The van der Waals surface area contributed by atoms with Crippen molar-refractivity contribution in [3.05, 3.63) is 34.6 Å². The summed E-state index contributed by atoms with van der Waals surface area (Å²) >= 11 is 0. The molecule has 1 heterocycles. The predicted molar refractivity (Wildman–Crippen MR) is 72.0 cm³/mol. The van der Waals surface area contributed by atoms with Crippen LogP contribution in [-0.2, 0) is 23.1 Å². The molecule has 2 rings (SSSR count). The van der Waals surface area contributed by atoms with E-state index < -0.39 is 10.0 Å². The minimum Gasteiger partial charge on any atom is -0.326 e. The minimum absolute atomic E-state index is 0.0236. The second-order valence-corrected chi connectivity index (χ2v) is 6.13. The lowest BCUT2D eigenvalue weighted by molar-refractivity contribution is 0.578. The molecular weight excluding hydrogens is 280 g/mol. The number of nitrogens with two attached hydrogens (primary N) is 1. The third-order valence-electron chi connectivity index (χ3n) is 3.01. The van der Waals surface area contributed by atoms with Crippen LogP contribution in [0.25, 0.3) is 0 Å². The number of nitrogens with one attached hydrogen (secondary N) is 2. The minimum atomic E-state index is -3.65. The van der Waals surface area contributed by atoms with E-state index in [9.17, 15) is 8.42 Å². The first kappa shape index (κ1) is 14.6. The van der Waals surface area contributed by atoms with Crippen LogP contribution in [0.4, 0.5) is 0 Å². The molecule has 0 spiro atoms. The van der Waals surface area contributed by atoms with Crippen LogP contribution < -0.4 is 10.5 Å². The molecule has 0 unspecified atom stereocenters. The number of sulfonamides is 1. The molecule has 0 atom stereocenters. The molecule has 0 saturated heterocycles. The molecule has 108 valence electrons. The zero-order chi connectivity index (χ0) is 14.8. The molecule has 2 aromatic rings. The summed E-state index contributed by atoms with van der Waals surface area (Å²) in [5.74, 6) is 0.276. The summed E-state index contributed by atoms with van der Waals surface area (Å²) in [5, 5.41) is 13.0. The van der Waals surface area contributed by atoms with Gasteiger partial charge in [0.05, 0.1) is 11.4 Å². The zero-order valence-electron chi connectivity index (χ0n) is 11.2. The van der Waals surface area contributed by atoms with Crippen LogP contribution in [0.5, 0.6) is 0 Å². The topological polar surface area (TPSA) is 127 Å². The summed E-state index contributed by atoms with van der Waals surface area (Å²) in [6, 6.07) is 3.47. The van der Waals surface area contributed by atoms with E-state index in [0.717, 1.165) is 11.1 Å². The first-order chi connectivity index (χ1) is 9.44. The van der Waals surface area contributed by atoms with Gasteiger partial charge in [0.1, 0.15) is 0 Å². The van der Waals surface area contributed by atoms with Gasteiger partial charge in [0.2, 0.25) is 10.0 Å². The number of tetrazole rings is 1. The molecule has 1 aromatic heterocycles. The van der Waals surface area contributed by atoms with Crippen molar-refractivity contribution in [2.45, 2.75) is 31.8 Å². The van der Waals surface area contributed by atoms with E-state index in [0.29, 0.717) is 5.56 Å². The number of H-pyrrole nitrogens is 1. The number of hydrogen-bond donors (Lipinski definition) is 3. The van der Waals surface area contributed by atoms with Crippen LogP contribution in [0.15, 0.2) is 17.0 Å². The van der Waals surface area contributed by atoms with Gasteiger partial charge in [-0.1, -0.05) is 11.3 Å². The number of benzene rings is 1. The smallest absolute Gasteiger partial charge is 0.241 e. The van der Waals surface area contributed by atoms with Gasteiger partial charge < -0.3 is 5.73 Å². The average Bonchev–Trinajstić information content (AvgIpc) is 2.92. The highest BCUT2D eigenvalue weighted by Crippen LogP contribution is 2.21. The van der Waals surface area contributed by atoms with E-state index in [1.54, 1.807) is 13.0 Å². The van der Waals surface area contributed by atoms with Gasteiger partial charge in [-0.25, -0.2) is 13.1 Å². The van der Waals surface area contributed by atoms with Gasteiger partial charge in [0.25, 0.3) is 0 Å². The Morgan fingerprint density at radius 1 is 1.35 bits per heavy atom. The monoisotopic (exact) mass is 296 g/mol. The summed E-state index contributed by atoms with van der Waals surface area (Å²) < 4.78 is 27.1. The average molecular weight is 296 g/mol. The summed E-state index contributed by atoms with van der Waals surface area (Å²) in [5.41, 5.74) is 7.94. The fourth-order valence-corrected chi connectivity index (χ4v) is 3.14.